The Morgan fingerprint density at radius 3 is 2.82 bits per heavy atom. The smallest absolute Gasteiger partial charge is 0.142 e. The third kappa shape index (κ3) is 2.60. The van der Waals surface area contributed by atoms with E-state index >= 15 is 0 Å². The third-order valence-electron chi connectivity index (χ3n) is 3.65. The molecule has 1 aromatic rings. The van der Waals surface area contributed by atoms with E-state index in [0.29, 0.717) is 5.56 Å². The van der Waals surface area contributed by atoms with Crippen molar-refractivity contribution in [3.8, 4) is 6.07 Å². The van der Waals surface area contributed by atoms with Crippen molar-refractivity contribution in [3.63, 3.8) is 0 Å². The van der Waals surface area contributed by atoms with Gasteiger partial charge in [-0.25, -0.2) is 0 Å². The van der Waals surface area contributed by atoms with E-state index in [4.69, 9.17) is 5.26 Å². The Morgan fingerprint density at radius 1 is 1.47 bits per heavy atom. The molecule has 1 fully saturated rings. The van der Waals surface area contributed by atoms with Gasteiger partial charge >= 0.3 is 0 Å². The van der Waals surface area contributed by atoms with Gasteiger partial charge in [-0.3, -0.25) is 4.68 Å². The molecule has 92 valence electrons. The standard InChI is InChI=1S/C13H20N4/c1-10-12(9-14)13(17(2)16-10)15-8-7-11-5-3-4-6-11/h11,15H,3-8H2,1-2H3. The molecule has 0 unspecified atom stereocenters. The monoisotopic (exact) mass is 232 g/mol. The van der Waals surface area contributed by atoms with Gasteiger partial charge in [0.25, 0.3) is 0 Å². The number of hydrogen-bond donors (Lipinski definition) is 1. The van der Waals surface area contributed by atoms with Gasteiger partial charge in [-0.05, 0) is 19.3 Å². The zero-order valence-electron chi connectivity index (χ0n) is 10.7. The van der Waals surface area contributed by atoms with Gasteiger partial charge in [-0.2, -0.15) is 10.4 Å². The molecule has 0 atom stereocenters. The zero-order valence-corrected chi connectivity index (χ0v) is 10.7. The molecule has 0 radical (unpaired) electrons. The number of nitrogens with one attached hydrogen (secondary N) is 1. The van der Waals surface area contributed by atoms with Crippen molar-refractivity contribution >= 4 is 5.82 Å². The summed E-state index contributed by atoms with van der Waals surface area (Å²) in [5, 5.41) is 16.7. The molecule has 2 rings (SSSR count). The van der Waals surface area contributed by atoms with Gasteiger partial charge in [-0.1, -0.05) is 25.7 Å². The van der Waals surface area contributed by atoms with E-state index in [2.05, 4.69) is 16.5 Å². The maximum Gasteiger partial charge on any atom is 0.142 e. The number of aryl methyl sites for hydroxylation is 2. The number of nitrogens with zero attached hydrogens (tertiary/aromatic N) is 3. The van der Waals surface area contributed by atoms with Crippen LogP contribution in [-0.4, -0.2) is 16.3 Å². The lowest BCUT2D eigenvalue weighted by Gasteiger charge is -2.11. The van der Waals surface area contributed by atoms with E-state index in [0.717, 1.165) is 24.0 Å². The molecule has 1 N–H and O–H groups in total. The van der Waals surface area contributed by atoms with E-state index in [-0.39, 0.29) is 0 Å². The molecule has 0 spiro atoms. The van der Waals surface area contributed by atoms with Crippen molar-refractivity contribution in [2.45, 2.75) is 39.0 Å². The van der Waals surface area contributed by atoms with E-state index in [1.165, 1.54) is 32.1 Å². The summed E-state index contributed by atoms with van der Waals surface area (Å²) in [5.41, 5.74) is 1.48. The average molecular weight is 232 g/mol. The summed E-state index contributed by atoms with van der Waals surface area (Å²) in [5.74, 6) is 1.74. The molecule has 4 heteroatoms. The fourth-order valence-electron chi connectivity index (χ4n) is 2.69. The summed E-state index contributed by atoms with van der Waals surface area (Å²) >= 11 is 0. The zero-order chi connectivity index (χ0) is 12.3. The van der Waals surface area contributed by atoms with Crippen LogP contribution in [-0.2, 0) is 7.05 Å². The van der Waals surface area contributed by atoms with Gasteiger partial charge in [0.15, 0.2) is 0 Å². The highest BCUT2D eigenvalue weighted by molar-refractivity contribution is 5.54. The minimum Gasteiger partial charge on any atom is -0.369 e. The number of hydrogen-bond acceptors (Lipinski definition) is 3. The van der Waals surface area contributed by atoms with Crippen LogP contribution in [0.4, 0.5) is 5.82 Å². The molecule has 4 nitrogen and oxygen atoms in total. The lowest BCUT2D eigenvalue weighted by Crippen LogP contribution is -2.10. The Kier molecular flexibility index (Phi) is 3.68. The Hall–Kier alpha value is -1.50. The molecular weight excluding hydrogens is 212 g/mol. The SMILES string of the molecule is Cc1nn(C)c(NCCC2CCCC2)c1C#N. The molecule has 17 heavy (non-hydrogen) atoms. The summed E-state index contributed by atoms with van der Waals surface area (Å²) in [6, 6.07) is 2.22. The van der Waals surface area contributed by atoms with E-state index < -0.39 is 0 Å². The van der Waals surface area contributed by atoms with Crippen LogP contribution >= 0.6 is 0 Å². The van der Waals surface area contributed by atoms with Crippen molar-refractivity contribution in [2.24, 2.45) is 13.0 Å². The summed E-state index contributed by atoms with van der Waals surface area (Å²) in [6.07, 6.45) is 6.72. The highest BCUT2D eigenvalue weighted by atomic mass is 15.3. The third-order valence-corrected chi connectivity index (χ3v) is 3.65. The normalized spacial score (nSPS) is 16.1. The maximum atomic E-state index is 9.08. The minimum atomic E-state index is 0.680. The number of aromatic nitrogens is 2. The summed E-state index contributed by atoms with van der Waals surface area (Å²) < 4.78 is 1.77. The Balaban J connectivity index is 1.92. The van der Waals surface area contributed by atoms with Crippen LogP contribution < -0.4 is 5.32 Å². The first-order valence-electron chi connectivity index (χ1n) is 6.40. The summed E-state index contributed by atoms with van der Waals surface area (Å²) in [4.78, 5) is 0. The molecular formula is C13H20N4. The van der Waals surface area contributed by atoms with Gasteiger partial charge < -0.3 is 5.32 Å². The van der Waals surface area contributed by atoms with Crippen LogP contribution in [0.5, 0.6) is 0 Å². The Bertz CT molecular complexity index is 421. The fourth-order valence-corrected chi connectivity index (χ4v) is 2.69. The van der Waals surface area contributed by atoms with Crippen molar-refractivity contribution in [1.82, 2.24) is 9.78 Å². The molecule has 0 amide bonds. The Morgan fingerprint density at radius 2 is 2.18 bits per heavy atom. The van der Waals surface area contributed by atoms with Crippen molar-refractivity contribution in [2.75, 3.05) is 11.9 Å². The van der Waals surface area contributed by atoms with Crippen molar-refractivity contribution in [3.05, 3.63) is 11.3 Å². The molecule has 0 aliphatic heterocycles. The second kappa shape index (κ2) is 5.22. The van der Waals surface area contributed by atoms with Crippen LogP contribution in [0.25, 0.3) is 0 Å². The predicted octanol–water partition coefficient (Wildman–Crippen LogP) is 2.59. The van der Waals surface area contributed by atoms with Crippen LogP contribution in [0.2, 0.25) is 0 Å². The number of nitriles is 1. The number of anilines is 1. The molecule has 1 aromatic heterocycles. The van der Waals surface area contributed by atoms with Crippen molar-refractivity contribution in [1.29, 1.82) is 5.26 Å². The molecule has 0 bridgehead atoms. The lowest BCUT2D eigenvalue weighted by molar-refractivity contribution is 0.517. The topological polar surface area (TPSA) is 53.6 Å². The molecule has 1 aliphatic rings. The maximum absolute atomic E-state index is 9.08. The molecule has 0 aromatic carbocycles. The van der Waals surface area contributed by atoms with Gasteiger partial charge in [0, 0.05) is 13.6 Å². The highest BCUT2D eigenvalue weighted by Crippen LogP contribution is 2.27. The van der Waals surface area contributed by atoms with Crippen LogP contribution in [0.1, 0.15) is 43.4 Å². The van der Waals surface area contributed by atoms with Crippen LogP contribution in [0.15, 0.2) is 0 Å². The Labute approximate surface area is 103 Å². The molecule has 1 heterocycles. The molecule has 0 saturated heterocycles. The summed E-state index contributed by atoms with van der Waals surface area (Å²) in [6.45, 7) is 2.82. The average Bonchev–Trinajstić information content (AvgIpc) is 2.88. The van der Waals surface area contributed by atoms with Crippen LogP contribution in [0, 0.1) is 24.2 Å². The molecule has 1 aliphatic carbocycles. The molecule has 1 saturated carbocycles. The quantitative estimate of drug-likeness (QED) is 0.868. The lowest BCUT2D eigenvalue weighted by atomic mass is 10.0. The van der Waals surface area contributed by atoms with Crippen molar-refractivity contribution < 1.29 is 0 Å². The van der Waals surface area contributed by atoms with E-state index in [1.54, 1.807) is 4.68 Å². The van der Waals surface area contributed by atoms with E-state index in [1.807, 2.05) is 14.0 Å². The predicted molar refractivity (Wildman–Crippen MR) is 67.7 cm³/mol. The first kappa shape index (κ1) is 12.0. The second-order valence-electron chi connectivity index (χ2n) is 4.91. The fraction of sp³-hybridized carbons (Fsp3) is 0.692. The largest absolute Gasteiger partial charge is 0.369 e. The minimum absolute atomic E-state index is 0.680. The van der Waals surface area contributed by atoms with Gasteiger partial charge in [0.1, 0.15) is 17.5 Å². The van der Waals surface area contributed by atoms with E-state index in [9.17, 15) is 0 Å². The first-order chi connectivity index (χ1) is 8.22. The summed E-state index contributed by atoms with van der Waals surface area (Å²) in [7, 11) is 1.88. The first-order valence-corrected chi connectivity index (χ1v) is 6.40. The van der Waals surface area contributed by atoms with Crippen LogP contribution in [0.3, 0.4) is 0 Å². The number of rotatable bonds is 4. The van der Waals surface area contributed by atoms with Gasteiger partial charge in [0.05, 0.1) is 5.69 Å². The van der Waals surface area contributed by atoms with Gasteiger partial charge in [0.2, 0.25) is 0 Å². The second-order valence-corrected chi connectivity index (χ2v) is 4.91. The van der Waals surface area contributed by atoms with Gasteiger partial charge in [-0.15, -0.1) is 0 Å². The highest BCUT2D eigenvalue weighted by Gasteiger charge is 2.16.